The van der Waals surface area contributed by atoms with Gasteiger partial charge >= 0.3 is 0 Å². The number of methoxy groups -OCH3 is 2. The highest BCUT2D eigenvalue weighted by Crippen LogP contribution is 2.30. The number of benzene rings is 3. The van der Waals surface area contributed by atoms with Crippen LogP contribution in [-0.4, -0.2) is 50.7 Å². The van der Waals surface area contributed by atoms with E-state index in [4.69, 9.17) is 9.47 Å². The van der Waals surface area contributed by atoms with Gasteiger partial charge in [0.1, 0.15) is 24.6 Å². The van der Waals surface area contributed by atoms with Gasteiger partial charge in [0.2, 0.25) is 0 Å². The van der Waals surface area contributed by atoms with Crippen molar-refractivity contribution in [3.8, 4) is 11.5 Å². The molecular weight excluding hydrogens is 528 g/mol. The third-order valence-electron chi connectivity index (χ3n) is 8.63. The second-order valence-corrected chi connectivity index (χ2v) is 11.3. The van der Waals surface area contributed by atoms with Crippen LogP contribution in [0.2, 0.25) is 0 Å². The number of rotatable bonds is 8. The summed E-state index contributed by atoms with van der Waals surface area (Å²) in [7, 11) is 3.42. The summed E-state index contributed by atoms with van der Waals surface area (Å²) in [4.78, 5) is 2.48. The lowest BCUT2D eigenvalue weighted by Crippen LogP contribution is -2.17. The van der Waals surface area contributed by atoms with E-state index in [1.165, 1.54) is 59.4 Å². The molecule has 2 heterocycles. The minimum atomic E-state index is 0.857. The summed E-state index contributed by atoms with van der Waals surface area (Å²) < 4.78 is 13.4. The molecule has 0 spiro atoms. The number of anilines is 1. The highest BCUT2D eigenvalue weighted by molar-refractivity contribution is 6.03. The maximum Gasteiger partial charge on any atom is 0.199 e. The summed E-state index contributed by atoms with van der Waals surface area (Å²) in [5, 5.41) is 0. The number of nitrogens with zero attached hydrogens (tertiary/aromatic N) is 2. The third-order valence-corrected chi connectivity index (χ3v) is 8.63. The van der Waals surface area contributed by atoms with Gasteiger partial charge in [-0.2, -0.15) is 0 Å². The van der Waals surface area contributed by atoms with Crippen LogP contribution >= 0.6 is 0 Å². The quantitative estimate of drug-likeness (QED) is 0.202. The van der Waals surface area contributed by atoms with Crippen LogP contribution in [0.15, 0.2) is 121 Å². The molecular formula is C39H41N2O2+. The fourth-order valence-corrected chi connectivity index (χ4v) is 6.15. The molecule has 3 aliphatic rings. The third kappa shape index (κ3) is 6.75. The first kappa shape index (κ1) is 28.5. The van der Waals surface area contributed by atoms with Gasteiger partial charge in [-0.3, -0.25) is 0 Å². The van der Waals surface area contributed by atoms with E-state index in [2.05, 4.69) is 101 Å². The predicted molar refractivity (Wildman–Crippen MR) is 180 cm³/mol. The fraction of sp³-hybridized carbons (Fsp3) is 0.256. The smallest absolute Gasteiger partial charge is 0.199 e. The molecule has 0 unspecified atom stereocenters. The SMILES string of the molecule is COc1ccc(C(/C=C/C=C(\c2ccc(OC)cc2)c2ccc(N3CCCC3)cc2)=C2C=CC(=[N+]3CCCC3)C=C2)cc1. The number of allylic oxidation sites excluding steroid dienone is 9. The summed E-state index contributed by atoms with van der Waals surface area (Å²) in [6, 6.07) is 25.7. The van der Waals surface area contributed by atoms with Crippen molar-refractivity contribution < 1.29 is 14.0 Å². The monoisotopic (exact) mass is 569 g/mol. The molecule has 6 rings (SSSR count). The maximum atomic E-state index is 5.44. The number of hydrogen-bond donors (Lipinski definition) is 0. The molecule has 43 heavy (non-hydrogen) atoms. The Hall–Kier alpha value is -4.57. The van der Waals surface area contributed by atoms with Gasteiger partial charge in [-0.15, -0.1) is 0 Å². The topological polar surface area (TPSA) is 24.7 Å². The van der Waals surface area contributed by atoms with E-state index >= 15 is 0 Å². The highest BCUT2D eigenvalue weighted by atomic mass is 16.5. The molecule has 0 radical (unpaired) electrons. The van der Waals surface area contributed by atoms with E-state index in [0.29, 0.717) is 0 Å². The highest BCUT2D eigenvalue weighted by Gasteiger charge is 2.18. The lowest BCUT2D eigenvalue weighted by Gasteiger charge is -2.18. The molecule has 218 valence electrons. The zero-order valence-corrected chi connectivity index (χ0v) is 25.3. The zero-order chi connectivity index (χ0) is 29.4. The number of ether oxygens (including phenoxy) is 2. The van der Waals surface area contributed by atoms with Crippen LogP contribution in [0.1, 0.15) is 42.4 Å². The molecule has 2 fully saturated rings. The first-order valence-corrected chi connectivity index (χ1v) is 15.5. The summed E-state index contributed by atoms with van der Waals surface area (Å²) >= 11 is 0. The van der Waals surface area contributed by atoms with Crippen LogP contribution in [0.3, 0.4) is 0 Å². The van der Waals surface area contributed by atoms with Crippen molar-refractivity contribution in [2.75, 3.05) is 45.3 Å². The Morgan fingerprint density at radius 1 is 0.651 bits per heavy atom. The van der Waals surface area contributed by atoms with Crippen molar-refractivity contribution in [3.05, 3.63) is 138 Å². The van der Waals surface area contributed by atoms with E-state index in [1.807, 2.05) is 24.3 Å². The fourth-order valence-electron chi connectivity index (χ4n) is 6.15. The van der Waals surface area contributed by atoms with E-state index < -0.39 is 0 Å². The summed E-state index contributed by atoms with van der Waals surface area (Å²) in [6.45, 7) is 4.58. The Bertz CT molecular complexity index is 1570. The normalized spacial score (nSPS) is 16.9. The second-order valence-electron chi connectivity index (χ2n) is 11.3. The zero-order valence-electron chi connectivity index (χ0n) is 25.3. The van der Waals surface area contributed by atoms with Crippen LogP contribution in [0.4, 0.5) is 5.69 Å². The van der Waals surface area contributed by atoms with Gasteiger partial charge in [0, 0.05) is 43.8 Å². The average molecular weight is 570 g/mol. The molecule has 2 aliphatic heterocycles. The van der Waals surface area contributed by atoms with Gasteiger partial charge < -0.3 is 14.4 Å². The van der Waals surface area contributed by atoms with Crippen LogP contribution in [-0.2, 0) is 0 Å². The Morgan fingerprint density at radius 2 is 1.19 bits per heavy atom. The van der Waals surface area contributed by atoms with Gasteiger partial charge in [-0.05, 0) is 94.8 Å². The molecule has 3 aromatic carbocycles. The van der Waals surface area contributed by atoms with Crippen molar-refractivity contribution in [1.29, 1.82) is 0 Å². The van der Waals surface area contributed by atoms with Gasteiger partial charge in [0.05, 0.1) is 14.2 Å². The minimum Gasteiger partial charge on any atom is -0.497 e. The standard InChI is InChI=1S/C39H41N2O2/c1-42-36-22-14-32(15-23-36)38(30-10-18-34(19-11-30)40-26-3-4-27-40)8-7-9-39(33-16-24-37(43-2)25-17-33)31-12-20-35(21-13-31)41-28-5-6-29-41/h7-25H,3-6,26-29H2,1-2H3/q+1. The van der Waals surface area contributed by atoms with Crippen LogP contribution in [0.25, 0.3) is 11.1 Å². The summed E-state index contributed by atoms with van der Waals surface area (Å²) in [6.07, 6.45) is 20.8. The molecule has 2 saturated heterocycles. The first-order chi connectivity index (χ1) is 21.2. The van der Waals surface area contributed by atoms with Crippen molar-refractivity contribution >= 4 is 22.5 Å². The second kappa shape index (κ2) is 13.6. The predicted octanol–water partition coefficient (Wildman–Crippen LogP) is 8.12. The molecule has 4 heteroatoms. The molecule has 3 aromatic rings. The Labute approximate surface area is 256 Å². The van der Waals surface area contributed by atoms with Crippen molar-refractivity contribution in [2.45, 2.75) is 25.7 Å². The van der Waals surface area contributed by atoms with E-state index in [1.54, 1.807) is 14.2 Å². The van der Waals surface area contributed by atoms with E-state index in [9.17, 15) is 0 Å². The number of hydrogen-bond acceptors (Lipinski definition) is 3. The molecule has 0 N–H and O–H groups in total. The van der Waals surface area contributed by atoms with Gasteiger partial charge in [-0.25, -0.2) is 4.58 Å². The van der Waals surface area contributed by atoms with Crippen LogP contribution < -0.4 is 14.4 Å². The molecule has 0 amide bonds. The van der Waals surface area contributed by atoms with Crippen molar-refractivity contribution in [1.82, 2.24) is 0 Å². The Balaban J connectivity index is 1.37. The van der Waals surface area contributed by atoms with E-state index in [0.717, 1.165) is 48.8 Å². The molecule has 1 aliphatic carbocycles. The van der Waals surface area contributed by atoms with Gasteiger partial charge in [0.15, 0.2) is 5.71 Å². The molecule has 0 saturated carbocycles. The summed E-state index contributed by atoms with van der Waals surface area (Å²) in [5.41, 5.74) is 9.64. The molecule has 0 atom stereocenters. The summed E-state index contributed by atoms with van der Waals surface area (Å²) in [5.74, 6) is 1.71. The Kier molecular flexibility index (Phi) is 9.03. The van der Waals surface area contributed by atoms with Crippen LogP contribution in [0.5, 0.6) is 11.5 Å². The average Bonchev–Trinajstić information content (AvgIpc) is 3.82. The molecule has 4 nitrogen and oxygen atoms in total. The van der Waals surface area contributed by atoms with Crippen molar-refractivity contribution in [2.24, 2.45) is 0 Å². The largest absolute Gasteiger partial charge is 0.497 e. The van der Waals surface area contributed by atoms with Crippen LogP contribution in [0, 0.1) is 0 Å². The minimum absolute atomic E-state index is 0.857. The van der Waals surface area contributed by atoms with Gasteiger partial charge in [0.25, 0.3) is 0 Å². The molecule has 0 aromatic heterocycles. The lowest BCUT2D eigenvalue weighted by atomic mass is 9.94. The first-order valence-electron chi connectivity index (χ1n) is 15.5. The van der Waals surface area contributed by atoms with Gasteiger partial charge in [-0.1, -0.05) is 54.6 Å². The van der Waals surface area contributed by atoms with E-state index in [-0.39, 0.29) is 0 Å². The Morgan fingerprint density at radius 3 is 1.74 bits per heavy atom. The van der Waals surface area contributed by atoms with Crippen molar-refractivity contribution in [3.63, 3.8) is 0 Å². The maximum absolute atomic E-state index is 5.44. The lowest BCUT2D eigenvalue weighted by molar-refractivity contribution is -0.504. The molecule has 0 bridgehead atoms.